The first-order valence-corrected chi connectivity index (χ1v) is 9.21. The first kappa shape index (κ1) is 16.3. The van der Waals surface area contributed by atoms with Crippen molar-refractivity contribution in [1.29, 1.82) is 0 Å². The summed E-state index contributed by atoms with van der Waals surface area (Å²) in [6.45, 7) is 2.81. The molecule has 0 spiro atoms. The van der Waals surface area contributed by atoms with E-state index in [1.807, 2.05) is 12.3 Å². The average molecular weight is 343 g/mol. The molecular formula is C18H25N5O2. The van der Waals surface area contributed by atoms with Crippen LogP contribution in [-0.2, 0) is 4.79 Å². The third-order valence-corrected chi connectivity index (χ3v) is 5.58. The van der Waals surface area contributed by atoms with Crippen LogP contribution >= 0.6 is 0 Å². The lowest BCUT2D eigenvalue weighted by Crippen LogP contribution is -2.56. The molecule has 134 valence electrons. The number of rotatable bonds is 5. The Hall–Kier alpha value is -2.15. The predicted molar refractivity (Wildman–Crippen MR) is 95.3 cm³/mol. The number of piperidine rings is 2. The van der Waals surface area contributed by atoms with Crippen LogP contribution in [0.15, 0.2) is 18.6 Å². The Morgan fingerprint density at radius 1 is 1.28 bits per heavy atom. The molecule has 2 aliphatic rings. The van der Waals surface area contributed by atoms with Crippen LogP contribution in [0.1, 0.15) is 32.1 Å². The number of hydrogen-bond donors (Lipinski definition) is 2. The van der Waals surface area contributed by atoms with Gasteiger partial charge in [-0.15, -0.1) is 0 Å². The molecule has 2 saturated heterocycles. The van der Waals surface area contributed by atoms with E-state index in [0.29, 0.717) is 18.4 Å². The summed E-state index contributed by atoms with van der Waals surface area (Å²) in [5, 5.41) is 10.1. The quantitative estimate of drug-likeness (QED) is 0.805. The minimum absolute atomic E-state index is 0.199. The van der Waals surface area contributed by atoms with E-state index in [9.17, 15) is 4.79 Å². The number of likely N-dealkylation sites (tertiary alicyclic amines) is 1. The molecule has 2 N–H and O–H groups in total. The third kappa shape index (κ3) is 3.08. The van der Waals surface area contributed by atoms with Crippen LogP contribution in [-0.4, -0.2) is 63.1 Å². The number of unbranched alkanes of at least 4 members (excludes halogenated alkanes) is 1. The summed E-state index contributed by atoms with van der Waals surface area (Å²) in [5.41, 5.74) is 0.872. The molecule has 2 fully saturated rings. The van der Waals surface area contributed by atoms with Gasteiger partial charge in [0.1, 0.15) is 17.8 Å². The van der Waals surface area contributed by atoms with E-state index < -0.39 is 0 Å². The van der Waals surface area contributed by atoms with E-state index in [1.54, 1.807) is 6.33 Å². The number of aromatic nitrogens is 3. The van der Waals surface area contributed by atoms with E-state index >= 15 is 0 Å². The molecule has 7 nitrogen and oxygen atoms in total. The zero-order valence-electron chi connectivity index (χ0n) is 14.4. The van der Waals surface area contributed by atoms with Gasteiger partial charge in [0.15, 0.2) is 0 Å². The smallest absolute Gasteiger partial charge is 0.222 e. The summed E-state index contributed by atoms with van der Waals surface area (Å²) in [7, 11) is 0. The highest BCUT2D eigenvalue weighted by atomic mass is 16.3. The number of fused-ring (bicyclic) bond motifs is 2. The molecule has 2 aromatic heterocycles. The van der Waals surface area contributed by atoms with Crippen molar-refractivity contribution in [3.8, 4) is 0 Å². The average Bonchev–Trinajstić information content (AvgIpc) is 3.12. The second kappa shape index (κ2) is 7.00. The molecule has 25 heavy (non-hydrogen) atoms. The van der Waals surface area contributed by atoms with E-state index in [4.69, 9.17) is 5.11 Å². The summed E-state index contributed by atoms with van der Waals surface area (Å²) in [6, 6.07) is 2.36. The highest BCUT2D eigenvalue weighted by Gasteiger charge is 2.39. The first-order chi connectivity index (χ1) is 12.3. The van der Waals surface area contributed by atoms with Gasteiger partial charge >= 0.3 is 0 Å². The molecule has 0 aliphatic carbocycles. The Balaban J connectivity index is 1.50. The summed E-state index contributed by atoms with van der Waals surface area (Å²) in [5.74, 6) is 1.76. The molecule has 4 rings (SSSR count). The van der Waals surface area contributed by atoms with E-state index in [1.165, 1.54) is 0 Å². The van der Waals surface area contributed by atoms with Crippen molar-refractivity contribution in [1.82, 2.24) is 19.9 Å². The minimum Gasteiger partial charge on any atom is -0.396 e. The van der Waals surface area contributed by atoms with Gasteiger partial charge in [-0.1, -0.05) is 0 Å². The zero-order chi connectivity index (χ0) is 17.2. The first-order valence-electron chi connectivity index (χ1n) is 9.21. The number of nitrogens with one attached hydrogen (secondary N) is 1. The fourth-order valence-corrected chi connectivity index (χ4v) is 4.34. The number of hydrogen-bond acceptors (Lipinski definition) is 5. The maximum atomic E-state index is 12.4. The van der Waals surface area contributed by atoms with Crippen molar-refractivity contribution in [3.63, 3.8) is 0 Å². The third-order valence-electron chi connectivity index (χ3n) is 5.58. The molecule has 1 amide bonds. The van der Waals surface area contributed by atoms with Gasteiger partial charge in [0.25, 0.3) is 0 Å². The highest BCUT2D eigenvalue weighted by molar-refractivity contribution is 5.87. The van der Waals surface area contributed by atoms with Gasteiger partial charge < -0.3 is 19.9 Å². The summed E-state index contributed by atoms with van der Waals surface area (Å²) in [4.78, 5) is 28.7. The van der Waals surface area contributed by atoms with Crippen molar-refractivity contribution in [2.45, 2.75) is 38.1 Å². The molecule has 4 heterocycles. The number of nitrogens with zero attached hydrogens (tertiary/aromatic N) is 4. The van der Waals surface area contributed by atoms with Crippen molar-refractivity contribution in [2.24, 2.45) is 5.92 Å². The molecule has 2 aliphatic heterocycles. The van der Waals surface area contributed by atoms with Gasteiger partial charge in [0.2, 0.25) is 5.91 Å². The molecule has 0 saturated carbocycles. The monoisotopic (exact) mass is 343 g/mol. The van der Waals surface area contributed by atoms with E-state index in [-0.39, 0.29) is 12.5 Å². The minimum atomic E-state index is 0.199. The Morgan fingerprint density at radius 3 is 3.08 bits per heavy atom. The Kier molecular flexibility index (Phi) is 4.57. The molecule has 2 atom stereocenters. The van der Waals surface area contributed by atoms with Crippen molar-refractivity contribution in [3.05, 3.63) is 18.6 Å². The predicted octanol–water partition coefficient (Wildman–Crippen LogP) is 1.55. The lowest BCUT2D eigenvalue weighted by Gasteiger charge is -2.47. The number of aliphatic hydroxyl groups excluding tert-OH is 1. The number of aromatic amines is 1. The van der Waals surface area contributed by atoms with Gasteiger partial charge in [-0.2, -0.15) is 0 Å². The van der Waals surface area contributed by atoms with Crippen LogP contribution in [0.4, 0.5) is 5.82 Å². The molecule has 0 radical (unpaired) electrons. The van der Waals surface area contributed by atoms with E-state index in [2.05, 4.69) is 24.8 Å². The molecule has 0 bridgehead atoms. The number of amides is 1. The van der Waals surface area contributed by atoms with Crippen LogP contribution in [0.25, 0.3) is 11.0 Å². The number of H-pyrrole nitrogens is 1. The number of anilines is 1. The normalized spacial score (nSPS) is 24.0. The standard InChI is InChI=1S/C18H25N5O2/c24-10-2-1-8-23-15-6-9-22(11-13(15)3-4-16(23)25)18-14-5-7-19-17(14)20-12-21-18/h5,7,12-13,15,24H,1-4,6,8-11H2,(H,19,20,21)/t13-,15+/m0/s1. The lowest BCUT2D eigenvalue weighted by molar-refractivity contribution is -0.139. The van der Waals surface area contributed by atoms with Gasteiger partial charge in [0.05, 0.1) is 5.39 Å². The number of carbonyl (C=O) groups excluding carboxylic acids is 1. The van der Waals surface area contributed by atoms with Gasteiger partial charge in [0, 0.05) is 44.9 Å². The lowest BCUT2D eigenvalue weighted by atomic mass is 9.83. The van der Waals surface area contributed by atoms with Crippen molar-refractivity contribution in [2.75, 3.05) is 31.1 Å². The maximum absolute atomic E-state index is 12.4. The topological polar surface area (TPSA) is 85.4 Å². The fourth-order valence-electron chi connectivity index (χ4n) is 4.34. The summed E-state index contributed by atoms with van der Waals surface area (Å²) >= 11 is 0. The number of aliphatic hydroxyl groups is 1. The Morgan fingerprint density at radius 2 is 2.20 bits per heavy atom. The molecule has 7 heteroatoms. The van der Waals surface area contributed by atoms with Crippen molar-refractivity contribution >= 4 is 22.8 Å². The fraction of sp³-hybridized carbons (Fsp3) is 0.611. The van der Waals surface area contributed by atoms with Gasteiger partial charge in [-0.05, 0) is 37.7 Å². The largest absolute Gasteiger partial charge is 0.396 e. The highest BCUT2D eigenvalue weighted by Crippen LogP contribution is 2.34. The van der Waals surface area contributed by atoms with Crippen molar-refractivity contribution < 1.29 is 9.90 Å². The van der Waals surface area contributed by atoms with Crippen LogP contribution in [0, 0.1) is 5.92 Å². The Bertz CT molecular complexity index is 746. The second-order valence-corrected chi connectivity index (χ2v) is 7.06. The number of carbonyl (C=O) groups is 1. The van der Waals surface area contributed by atoms with Crippen LogP contribution in [0.5, 0.6) is 0 Å². The van der Waals surface area contributed by atoms with Crippen LogP contribution in [0.3, 0.4) is 0 Å². The molecule has 0 aromatic carbocycles. The van der Waals surface area contributed by atoms with Crippen LogP contribution in [0.2, 0.25) is 0 Å². The summed E-state index contributed by atoms with van der Waals surface area (Å²) < 4.78 is 0. The molecule has 0 unspecified atom stereocenters. The second-order valence-electron chi connectivity index (χ2n) is 7.06. The molecule has 2 aromatic rings. The van der Waals surface area contributed by atoms with E-state index in [0.717, 1.165) is 62.2 Å². The summed E-state index contributed by atoms with van der Waals surface area (Å²) in [6.07, 6.45) is 7.73. The SMILES string of the molecule is O=C1CC[C@H]2CN(c3ncnc4[nH]ccc34)CC[C@H]2N1CCCCO. The Labute approximate surface area is 147 Å². The van der Waals surface area contributed by atoms with Crippen LogP contribution < -0.4 is 4.90 Å². The van der Waals surface area contributed by atoms with Gasteiger partial charge in [-0.3, -0.25) is 4.79 Å². The maximum Gasteiger partial charge on any atom is 0.222 e. The van der Waals surface area contributed by atoms with Gasteiger partial charge in [-0.25, -0.2) is 9.97 Å². The molecular weight excluding hydrogens is 318 g/mol. The zero-order valence-corrected chi connectivity index (χ0v) is 14.4.